The van der Waals surface area contributed by atoms with Gasteiger partial charge in [0.15, 0.2) is 0 Å². The van der Waals surface area contributed by atoms with E-state index < -0.39 is 16.1 Å². The van der Waals surface area contributed by atoms with E-state index in [4.69, 9.17) is 0 Å². The van der Waals surface area contributed by atoms with E-state index in [0.717, 1.165) is 18.4 Å². The lowest BCUT2D eigenvalue weighted by Crippen LogP contribution is -2.48. The molecule has 0 spiro atoms. The molecule has 0 aromatic carbocycles. The van der Waals surface area contributed by atoms with Gasteiger partial charge in [-0.2, -0.15) is 4.31 Å². The molecule has 1 aromatic rings. The third kappa shape index (κ3) is 3.64. The number of Topliss-reactive ketones (excluding diaryl/α,β-unsaturated/α-hetero) is 1. The molecule has 1 aliphatic rings. The van der Waals surface area contributed by atoms with E-state index in [-0.39, 0.29) is 11.5 Å². The van der Waals surface area contributed by atoms with Gasteiger partial charge in [0.2, 0.25) is 10.0 Å². The molecule has 1 fully saturated rings. The van der Waals surface area contributed by atoms with Crippen molar-refractivity contribution < 1.29 is 13.2 Å². The molecule has 20 heavy (non-hydrogen) atoms. The normalized spacial score (nSPS) is 20.8. The molecule has 2 heterocycles. The van der Waals surface area contributed by atoms with E-state index in [1.165, 1.54) is 11.2 Å². The minimum absolute atomic E-state index is 0.0425. The molecule has 6 heteroatoms. The lowest BCUT2D eigenvalue weighted by atomic mass is 10.0. The van der Waals surface area contributed by atoms with Crippen LogP contribution in [0.2, 0.25) is 0 Å². The van der Waals surface area contributed by atoms with Crippen molar-refractivity contribution in [2.45, 2.75) is 38.6 Å². The van der Waals surface area contributed by atoms with E-state index in [1.54, 1.807) is 12.4 Å². The van der Waals surface area contributed by atoms with Gasteiger partial charge >= 0.3 is 0 Å². The highest BCUT2D eigenvalue weighted by atomic mass is 32.2. The molecule has 1 aromatic heterocycles. The summed E-state index contributed by atoms with van der Waals surface area (Å²) in [6.07, 6.45) is 6.15. The summed E-state index contributed by atoms with van der Waals surface area (Å²) in [5.41, 5.74) is 0.944. The molecule has 0 bridgehead atoms. The van der Waals surface area contributed by atoms with E-state index >= 15 is 0 Å². The zero-order valence-corrected chi connectivity index (χ0v) is 12.5. The highest BCUT2D eigenvalue weighted by Crippen LogP contribution is 2.22. The molecule has 0 saturated carbocycles. The molecule has 1 aliphatic heterocycles. The molecular weight excluding hydrogens is 276 g/mol. The highest BCUT2D eigenvalue weighted by Gasteiger charge is 2.34. The van der Waals surface area contributed by atoms with E-state index in [9.17, 15) is 13.2 Å². The largest absolute Gasteiger partial charge is 0.298 e. The Morgan fingerprint density at radius 2 is 2.05 bits per heavy atom. The third-order valence-electron chi connectivity index (χ3n) is 3.68. The van der Waals surface area contributed by atoms with E-state index in [2.05, 4.69) is 4.98 Å². The van der Waals surface area contributed by atoms with Gasteiger partial charge in [-0.05, 0) is 43.9 Å². The molecule has 2 rings (SSSR count). The van der Waals surface area contributed by atoms with Crippen molar-refractivity contribution in [3.63, 3.8) is 0 Å². The number of carbonyl (C=O) groups excluding carboxylic acids is 1. The first-order valence-electron chi connectivity index (χ1n) is 6.89. The van der Waals surface area contributed by atoms with Gasteiger partial charge in [0.1, 0.15) is 5.78 Å². The number of hydrogen-bond donors (Lipinski definition) is 0. The van der Waals surface area contributed by atoms with Crippen LogP contribution >= 0.6 is 0 Å². The quantitative estimate of drug-likeness (QED) is 0.823. The maximum absolute atomic E-state index is 12.4. The Hall–Kier alpha value is -1.27. The minimum atomic E-state index is -3.38. The van der Waals surface area contributed by atoms with Gasteiger partial charge in [0.05, 0.1) is 11.8 Å². The highest BCUT2D eigenvalue weighted by molar-refractivity contribution is 7.89. The van der Waals surface area contributed by atoms with Crippen molar-refractivity contribution in [2.75, 3.05) is 12.3 Å². The first-order chi connectivity index (χ1) is 9.50. The lowest BCUT2D eigenvalue weighted by Gasteiger charge is -2.33. The Balaban J connectivity index is 2.06. The number of piperidine rings is 1. The zero-order chi connectivity index (χ0) is 14.6. The predicted molar refractivity (Wildman–Crippen MR) is 76.8 cm³/mol. The SMILES string of the molecule is CC(=O)C1CCCCN1S(=O)(=O)CCc1ccncc1. The molecule has 0 aliphatic carbocycles. The summed E-state index contributed by atoms with van der Waals surface area (Å²) in [4.78, 5) is 15.5. The lowest BCUT2D eigenvalue weighted by molar-refractivity contribution is -0.121. The van der Waals surface area contributed by atoms with Crippen molar-refractivity contribution in [3.8, 4) is 0 Å². The van der Waals surface area contributed by atoms with Crippen LogP contribution in [0.5, 0.6) is 0 Å². The fraction of sp³-hybridized carbons (Fsp3) is 0.571. The number of aryl methyl sites for hydroxylation is 1. The average Bonchev–Trinajstić information content (AvgIpc) is 2.46. The Bertz CT molecular complexity index is 557. The Morgan fingerprint density at radius 1 is 1.35 bits per heavy atom. The number of nitrogens with zero attached hydrogens (tertiary/aromatic N) is 2. The Kier molecular flexibility index (Phi) is 4.88. The zero-order valence-electron chi connectivity index (χ0n) is 11.7. The number of carbonyl (C=O) groups is 1. The van der Waals surface area contributed by atoms with Crippen molar-refractivity contribution in [3.05, 3.63) is 30.1 Å². The summed E-state index contributed by atoms with van der Waals surface area (Å²) in [5, 5.41) is 0. The second kappa shape index (κ2) is 6.45. The standard InChI is InChI=1S/C14H20N2O3S/c1-12(17)14-4-2-3-10-16(14)20(18,19)11-7-13-5-8-15-9-6-13/h5-6,8-9,14H,2-4,7,10-11H2,1H3. The molecule has 110 valence electrons. The minimum Gasteiger partial charge on any atom is -0.298 e. The maximum Gasteiger partial charge on any atom is 0.215 e. The van der Waals surface area contributed by atoms with Crippen molar-refractivity contribution in [1.29, 1.82) is 0 Å². The van der Waals surface area contributed by atoms with Gasteiger partial charge < -0.3 is 0 Å². The number of sulfonamides is 1. The van der Waals surface area contributed by atoms with Crippen LogP contribution in [0.3, 0.4) is 0 Å². The number of hydrogen-bond acceptors (Lipinski definition) is 4. The molecule has 0 amide bonds. The van der Waals surface area contributed by atoms with Gasteiger partial charge in [-0.25, -0.2) is 8.42 Å². The van der Waals surface area contributed by atoms with Crippen molar-refractivity contribution >= 4 is 15.8 Å². The van der Waals surface area contributed by atoms with E-state index in [0.29, 0.717) is 19.4 Å². The van der Waals surface area contributed by atoms with Gasteiger partial charge in [-0.1, -0.05) is 6.42 Å². The van der Waals surface area contributed by atoms with Gasteiger partial charge in [0, 0.05) is 18.9 Å². The maximum atomic E-state index is 12.4. The van der Waals surface area contributed by atoms with Gasteiger partial charge in [0.25, 0.3) is 0 Å². The number of pyridine rings is 1. The molecule has 1 saturated heterocycles. The molecular formula is C14H20N2O3S. The van der Waals surface area contributed by atoms with Crippen LogP contribution in [0, 0.1) is 0 Å². The molecule has 5 nitrogen and oxygen atoms in total. The first kappa shape index (κ1) is 15.1. The first-order valence-corrected chi connectivity index (χ1v) is 8.50. The summed E-state index contributed by atoms with van der Waals surface area (Å²) in [6.45, 7) is 1.93. The second-order valence-electron chi connectivity index (χ2n) is 5.15. The fourth-order valence-corrected chi connectivity index (χ4v) is 4.33. The summed E-state index contributed by atoms with van der Waals surface area (Å²) < 4.78 is 26.3. The number of rotatable bonds is 5. The van der Waals surface area contributed by atoms with Crippen LogP contribution in [0.4, 0.5) is 0 Å². The topological polar surface area (TPSA) is 67.3 Å². The smallest absolute Gasteiger partial charge is 0.215 e. The molecule has 0 radical (unpaired) electrons. The Labute approximate surface area is 120 Å². The van der Waals surface area contributed by atoms with E-state index in [1.807, 2.05) is 12.1 Å². The summed E-state index contributed by atoms with van der Waals surface area (Å²) in [7, 11) is -3.38. The van der Waals surface area contributed by atoms with Crippen molar-refractivity contribution in [2.24, 2.45) is 0 Å². The van der Waals surface area contributed by atoms with Crippen LogP contribution in [0.15, 0.2) is 24.5 Å². The van der Waals surface area contributed by atoms with Gasteiger partial charge in [-0.15, -0.1) is 0 Å². The second-order valence-corrected chi connectivity index (χ2v) is 7.20. The number of aromatic nitrogens is 1. The molecule has 1 atom stereocenters. The molecule has 1 unspecified atom stereocenters. The Morgan fingerprint density at radius 3 is 2.70 bits per heavy atom. The summed E-state index contributed by atoms with van der Waals surface area (Å²) in [6, 6.07) is 3.16. The van der Waals surface area contributed by atoms with Crippen LogP contribution in [0.25, 0.3) is 0 Å². The van der Waals surface area contributed by atoms with Crippen molar-refractivity contribution in [1.82, 2.24) is 9.29 Å². The van der Waals surface area contributed by atoms with Gasteiger partial charge in [-0.3, -0.25) is 9.78 Å². The average molecular weight is 296 g/mol. The monoisotopic (exact) mass is 296 g/mol. The number of ketones is 1. The predicted octanol–water partition coefficient (Wildman–Crippen LogP) is 1.40. The summed E-state index contributed by atoms with van der Waals surface area (Å²) >= 11 is 0. The van der Waals surface area contributed by atoms with Crippen LogP contribution in [-0.2, 0) is 21.2 Å². The fourth-order valence-electron chi connectivity index (χ4n) is 2.56. The van der Waals surface area contributed by atoms with Crippen LogP contribution in [-0.4, -0.2) is 41.8 Å². The third-order valence-corrected chi connectivity index (χ3v) is 5.55. The molecule has 0 N–H and O–H groups in total. The summed E-state index contributed by atoms with van der Waals surface area (Å²) in [5.74, 6) is -0.0157. The van der Waals surface area contributed by atoms with Crippen LogP contribution < -0.4 is 0 Å². The van der Waals surface area contributed by atoms with Crippen LogP contribution in [0.1, 0.15) is 31.7 Å².